The minimum absolute atomic E-state index is 0.129. The highest BCUT2D eigenvalue weighted by atomic mass is 16.5. The fourth-order valence-electron chi connectivity index (χ4n) is 1.47. The van der Waals surface area contributed by atoms with E-state index in [1.54, 1.807) is 12.3 Å². The van der Waals surface area contributed by atoms with E-state index in [2.05, 4.69) is 22.2 Å². The SMILES string of the molecule is CCCNCCN(C)c1nccc(OC(C)C)n1. The molecule has 1 aromatic heterocycles. The van der Waals surface area contributed by atoms with Crippen LogP contribution in [-0.4, -0.2) is 42.8 Å². The van der Waals surface area contributed by atoms with Crippen LogP contribution in [0, 0.1) is 0 Å². The van der Waals surface area contributed by atoms with Gasteiger partial charge in [-0.2, -0.15) is 4.98 Å². The zero-order chi connectivity index (χ0) is 13.4. The highest BCUT2D eigenvalue weighted by molar-refractivity contribution is 5.30. The molecule has 0 saturated heterocycles. The summed E-state index contributed by atoms with van der Waals surface area (Å²) in [4.78, 5) is 10.7. The highest BCUT2D eigenvalue weighted by Gasteiger charge is 2.06. The van der Waals surface area contributed by atoms with Crippen molar-refractivity contribution in [3.8, 4) is 5.88 Å². The molecule has 102 valence electrons. The molecule has 0 atom stereocenters. The van der Waals surface area contributed by atoms with Gasteiger partial charge in [0.05, 0.1) is 6.10 Å². The number of likely N-dealkylation sites (N-methyl/N-ethyl adjacent to an activating group) is 1. The van der Waals surface area contributed by atoms with E-state index in [0.717, 1.165) is 26.1 Å². The van der Waals surface area contributed by atoms with Crippen molar-refractivity contribution in [3.05, 3.63) is 12.3 Å². The normalized spacial score (nSPS) is 10.7. The molecule has 1 rings (SSSR count). The smallest absolute Gasteiger partial charge is 0.228 e. The maximum absolute atomic E-state index is 5.55. The van der Waals surface area contributed by atoms with Gasteiger partial charge in [-0.05, 0) is 26.8 Å². The van der Waals surface area contributed by atoms with Gasteiger partial charge in [-0.25, -0.2) is 4.98 Å². The second-order valence-corrected chi connectivity index (χ2v) is 4.53. The van der Waals surface area contributed by atoms with Crippen molar-refractivity contribution >= 4 is 5.95 Å². The summed E-state index contributed by atoms with van der Waals surface area (Å²) in [5.74, 6) is 1.33. The van der Waals surface area contributed by atoms with E-state index in [1.807, 2.05) is 25.8 Å². The molecule has 5 heteroatoms. The Morgan fingerprint density at radius 1 is 1.39 bits per heavy atom. The van der Waals surface area contributed by atoms with Crippen LogP contribution in [0.15, 0.2) is 12.3 Å². The number of nitrogens with one attached hydrogen (secondary N) is 1. The van der Waals surface area contributed by atoms with Crippen LogP contribution < -0.4 is 15.0 Å². The lowest BCUT2D eigenvalue weighted by molar-refractivity contribution is 0.232. The first-order valence-corrected chi connectivity index (χ1v) is 6.55. The quantitative estimate of drug-likeness (QED) is 0.714. The van der Waals surface area contributed by atoms with Gasteiger partial charge in [0.2, 0.25) is 11.8 Å². The van der Waals surface area contributed by atoms with Crippen molar-refractivity contribution in [1.29, 1.82) is 0 Å². The van der Waals surface area contributed by atoms with Crippen LogP contribution in [0.4, 0.5) is 5.95 Å². The van der Waals surface area contributed by atoms with Gasteiger partial charge in [0, 0.05) is 32.4 Å². The van der Waals surface area contributed by atoms with Crippen LogP contribution in [0.3, 0.4) is 0 Å². The number of hydrogen-bond donors (Lipinski definition) is 1. The molecule has 0 aliphatic carbocycles. The highest BCUT2D eigenvalue weighted by Crippen LogP contribution is 2.12. The predicted molar refractivity (Wildman–Crippen MR) is 74.2 cm³/mol. The first-order valence-electron chi connectivity index (χ1n) is 6.55. The van der Waals surface area contributed by atoms with E-state index in [4.69, 9.17) is 4.74 Å². The third-order valence-electron chi connectivity index (χ3n) is 2.37. The molecule has 0 bridgehead atoms. The largest absolute Gasteiger partial charge is 0.475 e. The number of rotatable bonds is 8. The van der Waals surface area contributed by atoms with E-state index >= 15 is 0 Å². The molecule has 0 unspecified atom stereocenters. The molecule has 0 amide bonds. The number of anilines is 1. The maximum Gasteiger partial charge on any atom is 0.228 e. The summed E-state index contributed by atoms with van der Waals surface area (Å²) >= 11 is 0. The number of nitrogens with zero attached hydrogens (tertiary/aromatic N) is 3. The standard InChI is InChI=1S/C13H24N4O/c1-5-7-14-9-10-17(4)13-15-8-6-12(16-13)18-11(2)3/h6,8,11,14H,5,7,9-10H2,1-4H3. The Labute approximate surface area is 110 Å². The van der Waals surface area contributed by atoms with Gasteiger partial charge in [0.15, 0.2) is 0 Å². The van der Waals surface area contributed by atoms with Crippen molar-refractivity contribution in [2.45, 2.75) is 33.3 Å². The lowest BCUT2D eigenvalue weighted by Crippen LogP contribution is -2.30. The minimum Gasteiger partial charge on any atom is -0.475 e. The molecule has 1 N–H and O–H groups in total. The van der Waals surface area contributed by atoms with Crippen LogP contribution in [0.25, 0.3) is 0 Å². The number of hydrogen-bond acceptors (Lipinski definition) is 5. The Morgan fingerprint density at radius 3 is 2.83 bits per heavy atom. The summed E-state index contributed by atoms with van der Waals surface area (Å²) in [6.07, 6.45) is 3.01. The van der Waals surface area contributed by atoms with E-state index in [1.165, 1.54) is 0 Å². The number of ether oxygens (including phenoxy) is 1. The summed E-state index contributed by atoms with van der Waals surface area (Å²) in [7, 11) is 1.99. The zero-order valence-corrected chi connectivity index (χ0v) is 11.8. The second-order valence-electron chi connectivity index (χ2n) is 4.53. The molecular weight excluding hydrogens is 228 g/mol. The fraction of sp³-hybridized carbons (Fsp3) is 0.692. The van der Waals surface area contributed by atoms with Gasteiger partial charge in [-0.1, -0.05) is 6.92 Å². The predicted octanol–water partition coefficient (Wildman–Crippen LogP) is 1.70. The molecule has 1 heterocycles. The van der Waals surface area contributed by atoms with E-state index in [9.17, 15) is 0 Å². The maximum atomic E-state index is 5.55. The molecule has 18 heavy (non-hydrogen) atoms. The first kappa shape index (κ1) is 14.7. The average Bonchev–Trinajstić information content (AvgIpc) is 2.34. The van der Waals surface area contributed by atoms with Crippen molar-refractivity contribution in [1.82, 2.24) is 15.3 Å². The Bertz CT molecular complexity index is 344. The van der Waals surface area contributed by atoms with Gasteiger partial charge in [-0.15, -0.1) is 0 Å². The Balaban J connectivity index is 2.48. The second kappa shape index (κ2) is 7.87. The third-order valence-corrected chi connectivity index (χ3v) is 2.37. The lowest BCUT2D eigenvalue weighted by Gasteiger charge is -2.18. The monoisotopic (exact) mass is 252 g/mol. The summed E-state index contributed by atoms with van der Waals surface area (Å²) in [6.45, 7) is 8.99. The van der Waals surface area contributed by atoms with Crippen LogP contribution in [0.2, 0.25) is 0 Å². The molecular formula is C13H24N4O. The average molecular weight is 252 g/mol. The van der Waals surface area contributed by atoms with E-state index in [-0.39, 0.29) is 6.10 Å². The van der Waals surface area contributed by atoms with E-state index in [0.29, 0.717) is 11.8 Å². The third kappa shape index (κ3) is 5.31. The summed E-state index contributed by atoms with van der Waals surface area (Å²) in [5, 5.41) is 3.35. The molecule has 0 aliphatic rings. The molecule has 5 nitrogen and oxygen atoms in total. The first-order chi connectivity index (χ1) is 8.63. The zero-order valence-electron chi connectivity index (χ0n) is 11.8. The molecule has 0 aliphatic heterocycles. The number of aromatic nitrogens is 2. The van der Waals surface area contributed by atoms with Gasteiger partial charge in [-0.3, -0.25) is 0 Å². The van der Waals surface area contributed by atoms with Gasteiger partial charge < -0.3 is 15.0 Å². The van der Waals surface area contributed by atoms with Crippen LogP contribution in [-0.2, 0) is 0 Å². The van der Waals surface area contributed by atoms with Crippen molar-refractivity contribution in [2.75, 3.05) is 31.6 Å². The van der Waals surface area contributed by atoms with Gasteiger partial charge in [0.25, 0.3) is 0 Å². The van der Waals surface area contributed by atoms with E-state index < -0.39 is 0 Å². The topological polar surface area (TPSA) is 50.3 Å². The molecule has 0 spiro atoms. The Morgan fingerprint density at radius 2 is 2.17 bits per heavy atom. The lowest BCUT2D eigenvalue weighted by atomic mass is 10.4. The molecule has 0 fully saturated rings. The molecule has 0 saturated carbocycles. The van der Waals surface area contributed by atoms with Crippen molar-refractivity contribution < 1.29 is 4.74 Å². The molecule has 0 aromatic carbocycles. The minimum atomic E-state index is 0.129. The van der Waals surface area contributed by atoms with Crippen molar-refractivity contribution in [3.63, 3.8) is 0 Å². The van der Waals surface area contributed by atoms with Crippen LogP contribution in [0.1, 0.15) is 27.2 Å². The van der Waals surface area contributed by atoms with Crippen molar-refractivity contribution in [2.24, 2.45) is 0 Å². The summed E-state index contributed by atoms with van der Waals surface area (Å²) in [6, 6.07) is 1.78. The van der Waals surface area contributed by atoms with Crippen LogP contribution >= 0.6 is 0 Å². The molecule has 0 radical (unpaired) electrons. The van der Waals surface area contributed by atoms with Gasteiger partial charge in [0.1, 0.15) is 0 Å². The Hall–Kier alpha value is -1.36. The van der Waals surface area contributed by atoms with Crippen LogP contribution in [0.5, 0.6) is 5.88 Å². The fourth-order valence-corrected chi connectivity index (χ4v) is 1.47. The Kier molecular flexibility index (Phi) is 6.43. The molecule has 1 aromatic rings. The summed E-state index contributed by atoms with van der Waals surface area (Å²) in [5.41, 5.74) is 0. The summed E-state index contributed by atoms with van der Waals surface area (Å²) < 4.78 is 5.55. The van der Waals surface area contributed by atoms with Gasteiger partial charge >= 0.3 is 0 Å².